The summed E-state index contributed by atoms with van der Waals surface area (Å²) >= 11 is 0. The molecule has 2 aromatic rings. The van der Waals surface area contributed by atoms with Gasteiger partial charge in [0.1, 0.15) is 17.3 Å². The summed E-state index contributed by atoms with van der Waals surface area (Å²) in [5.41, 5.74) is 0.402. The molecule has 0 bridgehead atoms. The first-order valence-corrected chi connectivity index (χ1v) is 8.75. The Bertz CT molecular complexity index is 678. The fraction of sp³-hybridized carbons (Fsp3) is 0.444. The van der Waals surface area contributed by atoms with Gasteiger partial charge >= 0.3 is 0 Å². The highest BCUT2D eigenvalue weighted by atomic mass is 16.2. The van der Waals surface area contributed by atoms with Crippen LogP contribution in [0.25, 0.3) is 0 Å². The van der Waals surface area contributed by atoms with Crippen LogP contribution < -0.4 is 9.80 Å². The predicted octanol–water partition coefficient (Wildman–Crippen LogP) is 1.68. The van der Waals surface area contributed by atoms with E-state index in [-0.39, 0.29) is 5.91 Å². The predicted molar refractivity (Wildman–Crippen MR) is 97.9 cm³/mol. The number of amides is 1. The van der Waals surface area contributed by atoms with Crippen molar-refractivity contribution in [3.05, 3.63) is 42.5 Å². The minimum Gasteiger partial charge on any atom is -0.353 e. The Kier molecular flexibility index (Phi) is 5.42. The highest BCUT2D eigenvalue weighted by molar-refractivity contribution is 5.92. The van der Waals surface area contributed by atoms with Gasteiger partial charge in [0.05, 0.1) is 12.4 Å². The lowest BCUT2D eigenvalue weighted by Gasteiger charge is -2.35. The monoisotopic (exact) mass is 340 g/mol. The summed E-state index contributed by atoms with van der Waals surface area (Å²) in [5.74, 6) is 1.76. The third kappa shape index (κ3) is 3.87. The molecule has 0 atom stereocenters. The van der Waals surface area contributed by atoms with E-state index in [1.54, 1.807) is 17.3 Å². The number of carbonyl (C=O) groups excluding carboxylic acids is 1. The van der Waals surface area contributed by atoms with E-state index in [4.69, 9.17) is 0 Å². The van der Waals surface area contributed by atoms with E-state index in [0.29, 0.717) is 18.8 Å². The molecule has 3 rings (SSSR count). The molecule has 0 spiro atoms. The largest absolute Gasteiger partial charge is 0.353 e. The Labute approximate surface area is 148 Å². The maximum atomic E-state index is 12.3. The van der Waals surface area contributed by atoms with Crippen LogP contribution in [-0.4, -0.2) is 65.0 Å². The zero-order chi connectivity index (χ0) is 17.6. The third-order valence-electron chi connectivity index (χ3n) is 4.48. The topological polar surface area (TPSA) is 65.5 Å². The minimum atomic E-state index is -0.0657. The van der Waals surface area contributed by atoms with Gasteiger partial charge in [0.25, 0.3) is 5.91 Å². The number of anilines is 2. The summed E-state index contributed by atoms with van der Waals surface area (Å²) in [5, 5.41) is 0. The molecule has 1 saturated heterocycles. The first-order valence-electron chi connectivity index (χ1n) is 8.75. The van der Waals surface area contributed by atoms with Crippen molar-refractivity contribution in [3.63, 3.8) is 0 Å². The lowest BCUT2D eigenvalue weighted by Crippen LogP contribution is -2.47. The average molecular weight is 340 g/mol. The number of nitrogens with zero attached hydrogens (tertiary/aromatic N) is 6. The molecule has 0 aliphatic carbocycles. The quantitative estimate of drug-likeness (QED) is 0.825. The molecule has 0 radical (unpaired) electrons. The molecule has 1 aliphatic rings. The molecule has 1 aliphatic heterocycles. The molecular formula is C18H24N6O. The van der Waals surface area contributed by atoms with Gasteiger partial charge in [-0.1, -0.05) is 6.07 Å². The van der Waals surface area contributed by atoms with Crippen molar-refractivity contribution in [2.24, 2.45) is 0 Å². The van der Waals surface area contributed by atoms with Crippen LogP contribution in [0.5, 0.6) is 0 Å². The number of rotatable bonds is 5. The van der Waals surface area contributed by atoms with Crippen LogP contribution in [-0.2, 0) is 0 Å². The van der Waals surface area contributed by atoms with E-state index in [9.17, 15) is 4.79 Å². The molecule has 0 unspecified atom stereocenters. The van der Waals surface area contributed by atoms with Gasteiger partial charge in [-0.3, -0.25) is 4.79 Å². The van der Waals surface area contributed by atoms with Crippen molar-refractivity contribution < 1.29 is 4.79 Å². The Balaban J connectivity index is 1.61. The molecule has 3 heterocycles. The summed E-state index contributed by atoms with van der Waals surface area (Å²) in [6.07, 6.45) is 5.10. The zero-order valence-corrected chi connectivity index (χ0v) is 14.8. The minimum absolute atomic E-state index is 0.0657. The fourth-order valence-electron chi connectivity index (χ4n) is 2.97. The zero-order valence-electron chi connectivity index (χ0n) is 14.8. The number of aromatic nitrogens is 3. The second-order valence-corrected chi connectivity index (χ2v) is 5.90. The summed E-state index contributed by atoms with van der Waals surface area (Å²) in [4.78, 5) is 31.7. The molecule has 1 amide bonds. The summed E-state index contributed by atoms with van der Waals surface area (Å²) in [7, 11) is 0. The number of hydrogen-bond acceptors (Lipinski definition) is 6. The molecule has 0 saturated carbocycles. The van der Waals surface area contributed by atoms with E-state index >= 15 is 0 Å². The van der Waals surface area contributed by atoms with E-state index in [2.05, 4.69) is 24.8 Å². The standard InChI is InChI=1S/C18H24N6O/c1-3-22(4-2)18(25)15-13-21-17(14-20-15)24-11-9-23(10-12-24)16-7-5-6-8-19-16/h5-8,13-14H,3-4,9-12H2,1-2H3. The molecule has 25 heavy (non-hydrogen) atoms. The molecular weight excluding hydrogens is 316 g/mol. The van der Waals surface area contributed by atoms with Crippen molar-refractivity contribution in [2.75, 3.05) is 49.1 Å². The highest BCUT2D eigenvalue weighted by Crippen LogP contribution is 2.16. The molecule has 7 nitrogen and oxygen atoms in total. The van der Waals surface area contributed by atoms with Crippen molar-refractivity contribution in [1.29, 1.82) is 0 Å². The van der Waals surface area contributed by atoms with Gasteiger partial charge in [-0.2, -0.15) is 0 Å². The van der Waals surface area contributed by atoms with Crippen LogP contribution in [0.4, 0.5) is 11.6 Å². The smallest absolute Gasteiger partial charge is 0.274 e. The number of hydrogen-bond donors (Lipinski definition) is 0. The Morgan fingerprint density at radius 2 is 1.64 bits per heavy atom. The van der Waals surface area contributed by atoms with Gasteiger partial charge in [0, 0.05) is 45.5 Å². The van der Waals surface area contributed by atoms with Crippen LogP contribution >= 0.6 is 0 Å². The van der Waals surface area contributed by atoms with E-state index in [0.717, 1.165) is 37.8 Å². The maximum absolute atomic E-state index is 12.3. The average Bonchev–Trinajstić information content (AvgIpc) is 2.70. The lowest BCUT2D eigenvalue weighted by atomic mass is 10.3. The van der Waals surface area contributed by atoms with Crippen molar-refractivity contribution in [1.82, 2.24) is 19.9 Å². The molecule has 0 N–H and O–H groups in total. The lowest BCUT2D eigenvalue weighted by molar-refractivity contribution is 0.0766. The molecule has 132 valence electrons. The normalized spacial score (nSPS) is 14.5. The van der Waals surface area contributed by atoms with E-state index in [1.165, 1.54) is 0 Å². The highest BCUT2D eigenvalue weighted by Gasteiger charge is 2.20. The Morgan fingerprint density at radius 1 is 0.960 bits per heavy atom. The number of pyridine rings is 1. The van der Waals surface area contributed by atoms with Gasteiger partial charge in [-0.05, 0) is 26.0 Å². The van der Waals surface area contributed by atoms with E-state index in [1.807, 2.05) is 38.2 Å². The fourth-order valence-corrected chi connectivity index (χ4v) is 2.97. The third-order valence-corrected chi connectivity index (χ3v) is 4.48. The molecule has 2 aromatic heterocycles. The Morgan fingerprint density at radius 3 is 2.16 bits per heavy atom. The van der Waals surface area contributed by atoms with Crippen LogP contribution in [0.3, 0.4) is 0 Å². The maximum Gasteiger partial charge on any atom is 0.274 e. The summed E-state index contributed by atoms with van der Waals surface area (Å²) in [6, 6.07) is 5.96. The van der Waals surface area contributed by atoms with Gasteiger partial charge in [-0.25, -0.2) is 15.0 Å². The van der Waals surface area contributed by atoms with Crippen LogP contribution in [0.2, 0.25) is 0 Å². The van der Waals surface area contributed by atoms with Crippen molar-refractivity contribution in [3.8, 4) is 0 Å². The van der Waals surface area contributed by atoms with Gasteiger partial charge in [0.2, 0.25) is 0 Å². The van der Waals surface area contributed by atoms with Crippen LogP contribution in [0.1, 0.15) is 24.3 Å². The van der Waals surface area contributed by atoms with Crippen molar-refractivity contribution >= 4 is 17.5 Å². The van der Waals surface area contributed by atoms with Crippen molar-refractivity contribution in [2.45, 2.75) is 13.8 Å². The molecule has 7 heteroatoms. The van der Waals surface area contributed by atoms with Gasteiger partial charge in [0.15, 0.2) is 0 Å². The van der Waals surface area contributed by atoms with E-state index < -0.39 is 0 Å². The van der Waals surface area contributed by atoms with Gasteiger partial charge in [-0.15, -0.1) is 0 Å². The van der Waals surface area contributed by atoms with Crippen LogP contribution in [0.15, 0.2) is 36.8 Å². The first kappa shape index (κ1) is 17.1. The first-order chi connectivity index (χ1) is 12.2. The number of piperazine rings is 1. The summed E-state index contributed by atoms with van der Waals surface area (Å²) in [6.45, 7) is 8.76. The Hall–Kier alpha value is -2.70. The second-order valence-electron chi connectivity index (χ2n) is 5.90. The van der Waals surface area contributed by atoms with Gasteiger partial charge < -0.3 is 14.7 Å². The second kappa shape index (κ2) is 7.92. The molecule has 0 aromatic carbocycles. The summed E-state index contributed by atoms with van der Waals surface area (Å²) < 4.78 is 0. The molecule has 1 fully saturated rings. The SMILES string of the molecule is CCN(CC)C(=O)c1cnc(N2CCN(c3ccccn3)CC2)cn1. The van der Waals surface area contributed by atoms with Crippen LogP contribution in [0, 0.1) is 0 Å². The number of carbonyl (C=O) groups is 1.